The van der Waals surface area contributed by atoms with Crippen LogP contribution in [0.2, 0.25) is 0 Å². The minimum absolute atomic E-state index is 0.127. The van der Waals surface area contributed by atoms with Crippen LogP contribution in [0.25, 0.3) is 0 Å². The number of rotatable bonds is 17. The molecule has 0 aliphatic heterocycles. The van der Waals surface area contributed by atoms with Crippen LogP contribution in [-0.2, 0) is 12.3 Å². The number of likely N-dealkylation sites (N-methyl/N-ethyl adjacent to an activating group) is 1. The molecule has 0 aliphatic rings. The van der Waals surface area contributed by atoms with Crippen molar-refractivity contribution < 1.29 is 4.39 Å². The number of nitrogens with two attached hydrogens (primary N) is 1. The van der Waals surface area contributed by atoms with Gasteiger partial charge in [-0.3, -0.25) is 15.7 Å². The van der Waals surface area contributed by atoms with Gasteiger partial charge in [0, 0.05) is 49.3 Å². The highest BCUT2D eigenvalue weighted by Gasteiger charge is 2.10. The Morgan fingerprint density at radius 2 is 2.02 bits per heavy atom. The molecule has 0 spiro atoms. The molecule has 0 bridgehead atoms. The van der Waals surface area contributed by atoms with Crippen molar-refractivity contribution in [3.8, 4) is 6.19 Å². The number of pyridine rings is 1. The molecule has 3 aromatic rings. The van der Waals surface area contributed by atoms with Crippen molar-refractivity contribution in [3.05, 3.63) is 71.1 Å². The number of thioether (sulfide) groups is 1. The zero-order valence-electron chi connectivity index (χ0n) is 23.7. The Kier molecular flexibility index (Phi) is 14.3. The van der Waals surface area contributed by atoms with Crippen LogP contribution in [0.5, 0.6) is 0 Å². The maximum Gasteiger partial charge on any atom is 0.204 e. The fraction of sp³-hybridized carbons (Fsp3) is 0.393. The lowest BCUT2D eigenvalue weighted by Gasteiger charge is -2.27. The first-order chi connectivity index (χ1) is 20.4. The van der Waals surface area contributed by atoms with Crippen LogP contribution >= 0.6 is 23.1 Å². The Bertz CT molecular complexity index is 1280. The third-order valence-electron chi connectivity index (χ3n) is 5.99. The molecular weight excluding hydrogens is 574 g/mol. The number of nitriles is 1. The van der Waals surface area contributed by atoms with Crippen LogP contribution in [0.4, 0.5) is 15.3 Å². The van der Waals surface area contributed by atoms with Gasteiger partial charge >= 0.3 is 0 Å². The van der Waals surface area contributed by atoms with E-state index in [9.17, 15) is 4.39 Å². The first-order valence-corrected chi connectivity index (χ1v) is 15.6. The highest BCUT2D eigenvalue weighted by Crippen LogP contribution is 2.19. The number of nitrogens with one attached hydrogen (secondary N) is 4. The molecule has 2 heterocycles. The summed E-state index contributed by atoms with van der Waals surface area (Å²) in [5.41, 5.74) is 7.29. The number of anilines is 2. The van der Waals surface area contributed by atoms with Gasteiger partial charge in [-0.1, -0.05) is 18.2 Å². The number of guanidine groups is 2. The molecule has 0 saturated carbocycles. The van der Waals surface area contributed by atoms with Crippen molar-refractivity contribution in [1.82, 2.24) is 25.5 Å². The van der Waals surface area contributed by atoms with Gasteiger partial charge in [-0.2, -0.15) is 17.0 Å². The molecule has 0 atom stereocenters. The molecule has 0 saturated heterocycles. The van der Waals surface area contributed by atoms with Gasteiger partial charge in [0.05, 0.1) is 12.2 Å². The van der Waals surface area contributed by atoms with Crippen LogP contribution in [-0.4, -0.2) is 72.3 Å². The Morgan fingerprint density at radius 1 is 1.19 bits per heavy atom. The molecule has 6 N–H and O–H groups in total. The van der Waals surface area contributed by atoms with Crippen molar-refractivity contribution in [2.24, 2.45) is 10.7 Å². The van der Waals surface area contributed by atoms with Gasteiger partial charge in [0.2, 0.25) is 5.96 Å². The van der Waals surface area contributed by atoms with E-state index >= 15 is 0 Å². The number of benzene rings is 1. The van der Waals surface area contributed by atoms with Crippen LogP contribution in [0.15, 0.2) is 59.0 Å². The first-order valence-electron chi connectivity index (χ1n) is 13.6. The van der Waals surface area contributed by atoms with Crippen molar-refractivity contribution in [1.29, 1.82) is 10.7 Å². The maximum atomic E-state index is 13.3. The molecular formula is C28H38FN11S2. The lowest BCUT2D eigenvalue weighted by atomic mass is 10.2. The van der Waals surface area contributed by atoms with E-state index in [-0.39, 0.29) is 11.8 Å². The van der Waals surface area contributed by atoms with E-state index in [1.165, 1.54) is 23.5 Å². The second kappa shape index (κ2) is 18.5. The quantitative estimate of drug-likeness (QED) is 0.0502. The maximum absolute atomic E-state index is 13.3. The average Bonchev–Trinajstić information content (AvgIpc) is 3.42. The normalized spacial score (nSPS) is 11.2. The molecule has 0 fully saturated rings. The van der Waals surface area contributed by atoms with Crippen LogP contribution < -0.4 is 26.6 Å². The molecule has 0 amide bonds. The number of halogens is 1. The predicted octanol–water partition coefficient (Wildman–Crippen LogP) is 3.65. The molecule has 2 aromatic heterocycles. The Hall–Kier alpha value is -3.93. The monoisotopic (exact) mass is 611 g/mol. The number of nitrogens with zero attached hydrogens (tertiary/aromatic N) is 6. The van der Waals surface area contributed by atoms with E-state index in [0.29, 0.717) is 30.7 Å². The smallest absolute Gasteiger partial charge is 0.204 e. The molecule has 1 aromatic carbocycles. The van der Waals surface area contributed by atoms with E-state index < -0.39 is 0 Å². The van der Waals surface area contributed by atoms with Gasteiger partial charge in [0.25, 0.3) is 0 Å². The average molecular weight is 612 g/mol. The topological polar surface area (TPSA) is 154 Å². The van der Waals surface area contributed by atoms with Gasteiger partial charge < -0.3 is 26.2 Å². The molecule has 0 aliphatic carbocycles. The number of hydrogen-bond acceptors (Lipinski definition) is 9. The summed E-state index contributed by atoms with van der Waals surface area (Å²) in [5, 5.41) is 27.4. The number of thiazole rings is 1. The lowest BCUT2D eigenvalue weighted by Crippen LogP contribution is -2.36. The highest BCUT2D eigenvalue weighted by molar-refractivity contribution is 7.98. The van der Waals surface area contributed by atoms with Crippen molar-refractivity contribution in [2.75, 3.05) is 55.7 Å². The van der Waals surface area contributed by atoms with E-state index in [2.05, 4.69) is 47.8 Å². The van der Waals surface area contributed by atoms with Gasteiger partial charge in [-0.15, -0.1) is 11.3 Å². The Morgan fingerprint density at radius 3 is 2.76 bits per heavy atom. The molecule has 3 rings (SSSR count). The summed E-state index contributed by atoms with van der Waals surface area (Å²) in [6.07, 6.45) is 5.66. The molecule has 0 unspecified atom stereocenters. The van der Waals surface area contributed by atoms with E-state index in [1.807, 2.05) is 41.9 Å². The zero-order valence-corrected chi connectivity index (χ0v) is 25.4. The van der Waals surface area contributed by atoms with Crippen LogP contribution in [0.1, 0.15) is 24.1 Å². The largest absolute Gasteiger partial charge is 0.370 e. The Labute approximate surface area is 255 Å². The van der Waals surface area contributed by atoms with Gasteiger partial charge in [0.1, 0.15) is 11.6 Å². The Balaban J connectivity index is 1.32. The minimum Gasteiger partial charge on any atom is -0.370 e. The second-order valence-corrected chi connectivity index (χ2v) is 11.3. The van der Waals surface area contributed by atoms with E-state index in [1.54, 1.807) is 18.0 Å². The van der Waals surface area contributed by atoms with Crippen molar-refractivity contribution >= 4 is 46.0 Å². The van der Waals surface area contributed by atoms with E-state index in [0.717, 1.165) is 61.1 Å². The molecule has 224 valence electrons. The summed E-state index contributed by atoms with van der Waals surface area (Å²) in [4.78, 5) is 17.9. The highest BCUT2D eigenvalue weighted by atomic mass is 32.2. The predicted molar refractivity (Wildman–Crippen MR) is 171 cm³/mol. The van der Waals surface area contributed by atoms with E-state index in [4.69, 9.17) is 16.4 Å². The minimum atomic E-state index is -0.235. The lowest BCUT2D eigenvalue weighted by molar-refractivity contribution is 0.330. The fourth-order valence-electron chi connectivity index (χ4n) is 3.88. The summed E-state index contributed by atoms with van der Waals surface area (Å²) in [7, 11) is 2.11. The van der Waals surface area contributed by atoms with Gasteiger partial charge in [0.15, 0.2) is 17.3 Å². The fourth-order valence-corrected chi connectivity index (χ4v) is 5.43. The number of aromatic nitrogens is 2. The zero-order chi connectivity index (χ0) is 30.0. The van der Waals surface area contributed by atoms with Gasteiger partial charge in [-0.05, 0) is 56.3 Å². The third kappa shape index (κ3) is 12.7. The number of hydrogen-bond donors (Lipinski definition) is 5. The summed E-state index contributed by atoms with van der Waals surface area (Å²) < 4.78 is 13.3. The third-order valence-corrected chi connectivity index (χ3v) is 7.77. The number of unbranched alkanes of at least 4 members (excludes halogenated alkanes) is 1. The summed E-state index contributed by atoms with van der Waals surface area (Å²) in [6.45, 7) is 4.53. The van der Waals surface area contributed by atoms with Crippen LogP contribution in [0, 0.1) is 22.7 Å². The van der Waals surface area contributed by atoms with Crippen LogP contribution in [0.3, 0.4) is 0 Å². The van der Waals surface area contributed by atoms with Crippen molar-refractivity contribution in [3.63, 3.8) is 0 Å². The van der Waals surface area contributed by atoms with Gasteiger partial charge in [-0.25, -0.2) is 14.4 Å². The molecule has 14 heteroatoms. The SMILES string of the molecule is CN(CCCCN/C(=N/CCSCc1csc(NC(=N)N)n1)NC#N)CCN(Cc1ccc(F)cc1)c1ccccn1. The second-order valence-electron chi connectivity index (χ2n) is 9.38. The van der Waals surface area contributed by atoms with Crippen molar-refractivity contribution in [2.45, 2.75) is 25.1 Å². The molecule has 0 radical (unpaired) electrons. The molecule has 11 nitrogen and oxygen atoms in total. The molecule has 42 heavy (non-hydrogen) atoms. The summed E-state index contributed by atoms with van der Waals surface area (Å²) in [5.74, 6) is 2.54. The first kappa shape index (κ1) is 32.6. The summed E-state index contributed by atoms with van der Waals surface area (Å²) >= 11 is 3.11. The standard InChI is InChI=1S/C28H38FN11S2/c1-39(15-16-40(25-6-2-3-11-33-25)18-22-7-9-23(29)10-8-22)14-5-4-12-34-27(36-21-30)35-13-17-41-19-24-20-42-28(37-24)38-26(31)32/h2-3,6-11,20H,4-5,12-19H2,1H3,(H2,34,35,36)(H4,31,32,37,38). The number of aliphatic imine (C=N–C) groups is 1. The summed E-state index contributed by atoms with van der Waals surface area (Å²) in [6, 6.07) is 12.5.